The Labute approximate surface area is 95.0 Å². The predicted octanol–water partition coefficient (Wildman–Crippen LogP) is 0.887. The standard InChI is InChI=1S/C11H18N2O3/c1-7-4-5-16-11(7)10(14)9-8(15-3)6-12-13(9)2/h6-7,10-11,14H,4-5H2,1-3H3. The van der Waals surface area contributed by atoms with Gasteiger partial charge in [0.1, 0.15) is 11.8 Å². The number of methoxy groups -OCH3 is 1. The second-order valence-electron chi connectivity index (χ2n) is 4.27. The maximum absolute atomic E-state index is 10.3. The van der Waals surface area contributed by atoms with E-state index in [1.807, 2.05) is 0 Å². The first-order valence-electron chi connectivity index (χ1n) is 5.50. The Morgan fingerprint density at radius 2 is 2.44 bits per heavy atom. The lowest BCUT2D eigenvalue weighted by atomic mass is 9.97. The van der Waals surface area contributed by atoms with E-state index in [2.05, 4.69) is 12.0 Å². The highest BCUT2D eigenvalue weighted by molar-refractivity contribution is 5.28. The summed E-state index contributed by atoms with van der Waals surface area (Å²) in [5.74, 6) is 0.965. The summed E-state index contributed by atoms with van der Waals surface area (Å²) in [6.07, 6.45) is 1.75. The first-order valence-corrected chi connectivity index (χ1v) is 5.50. The number of rotatable bonds is 3. The lowest BCUT2D eigenvalue weighted by molar-refractivity contribution is -0.0225. The van der Waals surface area contributed by atoms with Gasteiger partial charge < -0.3 is 14.6 Å². The molecule has 0 aromatic carbocycles. The Kier molecular flexibility index (Phi) is 3.16. The molecule has 1 aliphatic heterocycles. The van der Waals surface area contributed by atoms with Crippen LogP contribution < -0.4 is 4.74 Å². The molecule has 2 heterocycles. The number of hydrogen-bond donors (Lipinski definition) is 1. The molecular weight excluding hydrogens is 208 g/mol. The van der Waals surface area contributed by atoms with Crippen LogP contribution in [0.5, 0.6) is 5.75 Å². The molecule has 1 N–H and O–H groups in total. The van der Waals surface area contributed by atoms with Crippen molar-refractivity contribution in [2.75, 3.05) is 13.7 Å². The van der Waals surface area contributed by atoms with Crippen LogP contribution in [0.15, 0.2) is 6.20 Å². The SMILES string of the molecule is COc1cnn(C)c1C(O)C1OCCC1C. The molecule has 2 rings (SSSR count). The van der Waals surface area contributed by atoms with E-state index in [1.54, 1.807) is 25.0 Å². The second-order valence-corrected chi connectivity index (χ2v) is 4.27. The molecule has 16 heavy (non-hydrogen) atoms. The van der Waals surface area contributed by atoms with Crippen molar-refractivity contribution in [3.05, 3.63) is 11.9 Å². The van der Waals surface area contributed by atoms with Crippen molar-refractivity contribution in [3.8, 4) is 5.75 Å². The number of aromatic nitrogens is 2. The van der Waals surface area contributed by atoms with Crippen LogP contribution in [0, 0.1) is 5.92 Å². The minimum absolute atomic E-state index is 0.163. The summed E-state index contributed by atoms with van der Waals surface area (Å²) in [6, 6.07) is 0. The molecule has 1 fully saturated rings. The quantitative estimate of drug-likeness (QED) is 0.831. The zero-order chi connectivity index (χ0) is 11.7. The fourth-order valence-electron chi connectivity index (χ4n) is 2.20. The van der Waals surface area contributed by atoms with Gasteiger partial charge in [0.05, 0.1) is 19.4 Å². The maximum atomic E-state index is 10.3. The lowest BCUT2D eigenvalue weighted by Gasteiger charge is -2.22. The van der Waals surface area contributed by atoms with Gasteiger partial charge in [-0.1, -0.05) is 6.92 Å². The Balaban J connectivity index is 2.25. The molecule has 0 amide bonds. The predicted molar refractivity (Wildman–Crippen MR) is 58.2 cm³/mol. The molecule has 0 bridgehead atoms. The highest BCUT2D eigenvalue weighted by atomic mass is 16.5. The summed E-state index contributed by atoms with van der Waals surface area (Å²) in [5.41, 5.74) is 0.682. The van der Waals surface area contributed by atoms with E-state index in [9.17, 15) is 5.11 Å². The van der Waals surface area contributed by atoms with Crippen molar-refractivity contribution in [1.82, 2.24) is 9.78 Å². The van der Waals surface area contributed by atoms with Crippen molar-refractivity contribution in [2.24, 2.45) is 13.0 Å². The minimum Gasteiger partial charge on any atom is -0.493 e. The van der Waals surface area contributed by atoms with Gasteiger partial charge >= 0.3 is 0 Å². The molecule has 0 saturated carbocycles. The van der Waals surface area contributed by atoms with Gasteiger partial charge in [-0.3, -0.25) is 4.68 Å². The Morgan fingerprint density at radius 1 is 1.69 bits per heavy atom. The van der Waals surface area contributed by atoms with E-state index in [1.165, 1.54) is 0 Å². The minimum atomic E-state index is -0.681. The van der Waals surface area contributed by atoms with Crippen LogP contribution in [-0.4, -0.2) is 34.7 Å². The van der Waals surface area contributed by atoms with Gasteiger partial charge in [-0.15, -0.1) is 0 Å². The molecule has 3 atom stereocenters. The highest BCUT2D eigenvalue weighted by Gasteiger charge is 2.35. The third-order valence-electron chi connectivity index (χ3n) is 3.20. The van der Waals surface area contributed by atoms with Crippen molar-refractivity contribution in [1.29, 1.82) is 0 Å². The maximum Gasteiger partial charge on any atom is 0.162 e. The third-order valence-corrected chi connectivity index (χ3v) is 3.20. The summed E-state index contributed by atoms with van der Waals surface area (Å²) < 4.78 is 12.4. The Bertz CT molecular complexity index is 364. The van der Waals surface area contributed by atoms with Crippen molar-refractivity contribution in [2.45, 2.75) is 25.6 Å². The fraction of sp³-hybridized carbons (Fsp3) is 0.727. The van der Waals surface area contributed by atoms with Gasteiger partial charge in [-0.2, -0.15) is 5.10 Å². The van der Waals surface area contributed by atoms with E-state index in [-0.39, 0.29) is 6.10 Å². The zero-order valence-electron chi connectivity index (χ0n) is 9.88. The van der Waals surface area contributed by atoms with Gasteiger partial charge in [0.15, 0.2) is 5.75 Å². The van der Waals surface area contributed by atoms with E-state index >= 15 is 0 Å². The van der Waals surface area contributed by atoms with E-state index in [0.29, 0.717) is 24.0 Å². The smallest absolute Gasteiger partial charge is 0.162 e. The molecule has 0 spiro atoms. The monoisotopic (exact) mass is 226 g/mol. The van der Waals surface area contributed by atoms with Gasteiger partial charge in [-0.05, 0) is 12.3 Å². The first kappa shape index (κ1) is 11.4. The largest absolute Gasteiger partial charge is 0.493 e. The molecule has 1 aromatic rings. The summed E-state index contributed by atoms with van der Waals surface area (Å²) >= 11 is 0. The number of aliphatic hydroxyl groups is 1. The van der Waals surface area contributed by atoms with Crippen LogP contribution in [-0.2, 0) is 11.8 Å². The van der Waals surface area contributed by atoms with E-state index < -0.39 is 6.10 Å². The zero-order valence-corrected chi connectivity index (χ0v) is 9.88. The van der Waals surface area contributed by atoms with Crippen LogP contribution >= 0.6 is 0 Å². The van der Waals surface area contributed by atoms with Crippen LogP contribution in [0.4, 0.5) is 0 Å². The molecular formula is C11H18N2O3. The summed E-state index contributed by atoms with van der Waals surface area (Å²) in [4.78, 5) is 0. The average molecular weight is 226 g/mol. The van der Waals surface area contributed by atoms with Crippen molar-refractivity contribution in [3.63, 3.8) is 0 Å². The Hall–Kier alpha value is -1.07. The Morgan fingerprint density at radius 3 is 3.00 bits per heavy atom. The molecule has 5 nitrogen and oxygen atoms in total. The molecule has 90 valence electrons. The molecule has 1 saturated heterocycles. The van der Waals surface area contributed by atoms with Gasteiger partial charge in [0.25, 0.3) is 0 Å². The first-order chi connectivity index (χ1) is 7.65. The molecule has 5 heteroatoms. The van der Waals surface area contributed by atoms with Gasteiger partial charge in [-0.25, -0.2) is 0 Å². The molecule has 1 aromatic heterocycles. The van der Waals surface area contributed by atoms with Crippen molar-refractivity contribution >= 4 is 0 Å². The molecule has 3 unspecified atom stereocenters. The number of aryl methyl sites for hydroxylation is 1. The topological polar surface area (TPSA) is 56.5 Å². The van der Waals surface area contributed by atoms with Crippen molar-refractivity contribution < 1.29 is 14.6 Å². The normalized spacial score (nSPS) is 27.0. The van der Waals surface area contributed by atoms with E-state index in [0.717, 1.165) is 6.42 Å². The number of aliphatic hydroxyl groups excluding tert-OH is 1. The highest BCUT2D eigenvalue weighted by Crippen LogP contribution is 2.34. The average Bonchev–Trinajstić information content (AvgIpc) is 2.83. The number of hydrogen-bond acceptors (Lipinski definition) is 4. The number of ether oxygens (including phenoxy) is 2. The lowest BCUT2D eigenvalue weighted by Crippen LogP contribution is -2.25. The van der Waals surface area contributed by atoms with Crippen LogP contribution in [0.1, 0.15) is 25.1 Å². The van der Waals surface area contributed by atoms with E-state index in [4.69, 9.17) is 9.47 Å². The van der Waals surface area contributed by atoms with Crippen LogP contribution in [0.25, 0.3) is 0 Å². The molecule has 0 aliphatic carbocycles. The van der Waals surface area contributed by atoms with Crippen LogP contribution in [0.3, 0.4) is 0 Å². The second kappa shape index (κ2) is 4.43. The summed E-state index contributed by atoms with van der Waals surface area (Å²) in [6.45, 7) is 2.80. The molecule has 1 aliphatic rings. The summed E-state index contributed by atoms with van der Waals surface area (Å²) in [7, 11) is 3.37. The van der Waals surface area contributed by atoms with Gasteiger partial charge in [0.2, 0.25) is 0 Å². The van der Waals surface area contributed by atoms with Crippen LogP contribution in [0.2, 0.25) is 0 Å². The fourth-order valence-corrected chi connectivity index (χ4v) is 2.20. The number of nitrogens with zero attached hydrogens (tertiary/aromatic N) is 2. The molecule has 0 radical (unpaired) electrons. The van der Waals surface area contributed by atoms with Gasteiger partial charge in [0, 0.05) is 13.7 Å². The third kappa shape index (κ3) is 1.81. The summed E-state index contributed by atoms with van der Waals surface area (Å²) in [5, 5.41) is 14.4.